The number of ether oxygens (including phenoxy) is 3. The van der Waals surface area contributed by atoms with Crippen LogP contribution < -0.4 is 0 Å². The highest BCUT2D eigenvalue weighted by Gasteiger charge is 2.51. The number of carboxylic acids is 2. The molecule has 1 unspecified atom stereocenters. The molecule has 152 valence electrons. The molecule has 1 atom stereocenters. The minimum atomic E-state index is -2.63. The van der Waals surface area contributed by atoms with Gasteiger partial charge in [0.1, 0.15) is 0 Å². The number of carbonyl (C=O) groups is 2. The molecular weight excluding hydrogens is 344 g/mol. The van der Waals surface area contributed by atoms with Crippen LogP contribution >= 0.6 is 0 Å². The van der Waals surface area contributed by atoms with Gasteiger partial charge in [-0.2, -0.15) is 0 Å². The molecule has 1 fully saturated rings. The highest BCUT2D eigenvalue weighted by Crippen LogP contribution is 2.27. The highest BCUT2D eigenvalue weighted by atomic mass is 16.7. The quantitative estimate of drug-likeness (QED) is 0.330. The molecular formula is C18H32O8. The lowest BCUT2D eigenvalue weighted by molar-refractivity contribution is -0.209. The van der Waals surface area contributed by atoms with E-state index >= 15 is 0 Å². The summed E-state index contributed by atoms with van der Waals surface area (Å²) in [6.07, 6.45) is 7.11. The van der Waals surface area contributed by atoms with E-state index in [4.69, 9.17) is 24.4 Å². The monoisotopic (exact) mass is 376 g/mol. The number of aliphatic hydroxyl groups is 1. The molecule has 26 heavy (non-hydrogen) atoms. The first-order chi connectivity index (χ1) is 12.2. The van der Waals surface area contributed by atoms with E-state index in [1.54, 1.807) is 13.8 Å². The number of hydrogen-bond donors (Lipinski definition) is 3. The average molecular weight is 376 g/mol. The molecule has 8 nitrogen and oxygen atoms in total. The Morgan fingerprint density at radius 2 is 1.73 bits per heavy atom. The van der Waals surface area contributed by atoms with Gasteiger partial charge in [0.05, 0.1) is 12.2 Å². The number of rotatable bonds is 13. The fourth-order valence-electron chi connectivity index (χ4n) is 2.93. The molecule has 1 aliphatic rings. The summed E-state index contributed by atoms with van der Waals surface area (Å²) < 4.78 is 16.5. The maximum Gasteiger partial charge on any atom is 0.350 e. The normalized spacial score (nSPS) is 18.7. The van der Waals surface area contributed by atoms with Crippen molar-refractivity contribution in [2.75, 3.05) is 19.8 Å². The summed E-state index contributed by atoms with van der Waals surface area (Å²) >= 11 is 0. The first-order valence-electron chi connectivity index (χ1n) is 9.24. The van der Waals surface area contributed by atoms with E-state index in [1.807, 2.05) is 0 Å². The third-order valence-electron chi connectivity index (χ3n) is 4.48. The first-order valence-corrected chi connectivity index (χ1v) is 9.24. The lowest BCUT2D eigenvalue weighted by Gasteiger charge is -2.34. The Morgan fingerprint density at radius 3 is 2.27 bits per heavy atom. The maximum absolute atomic E-state index is 11.3. The molecule has 0 saturated carbocycles. The molecule has 1 heterocycles. The lowest BCUT2D eigenvalue weighted by Crippen LogP contribution is -2.56. The van der Waals surface area contributed by atoms with Gasteiger partial charge in [0.2, 0.25) is 0 Å². The van der Waals surface area contributed by atoms with E-state index in [9.17, 15) is 14.7 Å². The average Bonchev–Trinajstić information content (AvgIpc) is 2.59. The van der Waals surface area contributed by atoms with E-state index in [2.05, 4.69) is 0 Å². The Morgan fingerprint density at radius 1 is 1.08 bits per heavy atom. The molecule has 0 amide bonds. The molecule has 0 aromatic heterocycles. The fourth-order valence-corrected chi connectivity index (χ4v) is 2.93. The number of aliphatic carboxylic acids is 2. The Balaban J connectivity index is 2.25. The predicted molar refractivity (Wildman–Crippen MR) is 92.9 cm³/mol. The van der Waals surface area contributed by atoms with Crippen LogP contribution in [0, 0.1) is 0 Å². The minimum absolute atomic E-state index is 0.0743. The summed E-state index contributed by atoms with van der Waals surface area (Å²) in [6.45, 7) is 3.55. The fraction of sp³-hybridized carbons (Fsp3) is 0.889. The van der Waals surface area contributed by atoms with Crippen molar-refractivity contribution >= 4 is 11.9 Å². The molecule has 1 saturated heterocycles. The molecule has 3 N–H and O–H groups in total. The zero-order valence-corrected chi connectivity index (χ0v) is 15.7. The van der Waals surface area contributed by atoms with Crippen molar-refractivity contribution in [1.82, 2.24) is 0 Å². The lowest BCUT2D eigenvalue weighted by atomic mass is 9.97. The molecule has 0 aliphatic carbocycles. The van der Waals surface area contributed by atoms with Crippen LogP contribution in [0.1, 0.15) is 65.2 Å². The van der Waals surface area contributed by atoms with Crippen molar-refractivity contribution in [1.29, 1.82) is 0 Å². The van der Waals surface area contributed by atoms with Crippen molar-refractivity contribution in [2.24, 2.45) is 0 Å². The van der Waals surface area contributed by atoms with Crippen LogP contribution in [-0.4, -0.2) is 64.6 Å². The van der Waals surface area contributed by atoms with Crippen LogP contribution in [0.25, 0.3) is 0 Å². The Bertz CT molecular complexity index is 428. The number of aliphatic hydroxyl groups excluding tert-OH is 1. The molecule has 1 rings (SSSR count). The van der Waals surface area contributed by atoms with Gasteiger partial charge in [-0.25, -0.2) is 9.59 Å². The molecule has 0 bridgehead atoms. The minimum Gasteiger partial charge on any atom is -0.479 e. The summed E-state index contributed by atoms with van der Waals surface area (Å²) in [5.74, 6) is -3.41. The summed E-state index contributed by atoms with van der Waals surface area (Å²) in [7, 11) is 0. The van der Waals surface area contributed by atoms with Crippen LogP contribution in [0.5, 0.6) is 0 Å². The second kappa shape index (κ2) is 10.8. The van der Waals surface area contributed by atoms with Gasteiger partial charge in [-0.3, -0.25) is 0 Å². The maximum atomic E-state index is 11.3. The van der Waals surface area contributed by atoms with Crippen molar-refractivity contribution in [3.8, 4) is 0 Å². The van der Waals surface area contributed by atoms with E-state index < -0.39 is 29.7 Å². The SMILES string of the molecule is CC(C)(CCCCCCOC1CCCCO1)OC(CO)(C(=O)O)C(=O)O. The standard InChI is InChI=1S/C18H32O8/c1-17(2,26-18(13-19,15(20)21)16(22)23)10-6-3-4-7-11-24-14-9-5-8-12-25-14/h14,19H,3-13H2,1-2H3,(H,20,21)(H,22,23). The molecule has 0 aromatic carbocycles. The van der Waals surface area contributed by atoms with Crippen molar-refractivity contribution in [3.63, 3.8) is 0 Å². The van der Waals surface area contributed by atoms with Gasteiger partial charge in [-0.05, 0) is 46.0 Å². The van der Waals surface area contributed by atoms with E-state index in [0.29, 0.717) is 13.0 Å². The summed E-state index contributed by atoms with van der Waals surface area (Å²) in [4.78, 5) is 22.5. The summed E-state index contributed by atoms with van der Waals surface area (Å²) in [5, 5.41) is 27.5. The van der Waals surface area contributed by atoms with Crippen LogP contribution in [0.2, 0.25) is 0 Å². The smallest absolute Gasteiger partial charge is 0.350 e. The largest absolute Gasteiger partial charge is 0.479 e. The predicted octanol–water partition coefficient (Wildman–Crippen LogP) is 2.18. The molecule has 0 spiro atoms. The van der Waals surface area contributed by atoms with Crippen molar-refractivity contribution in [3.05, 3.63) is 0 Å². The zero-order valence-electron chi connectivity index (χ0n) is 15.7. The molecule has 0 aromatic rings. The van der Waals surface area contributed by atoms with Gasteiger partial charge in [0, 0.05) is 13.2 Å². The second-order valence-corrected chi connectivity index (χ2v) is 7.29. The third kappa shape index (κ3) is 7.19. The number of hydrogen-bond acceptors (Lipinski definition) is 6. The molecule has 8 heteroatoms. The van der Waals surface area contributed by atoms with Gasteiger partial charge < -0.3 is 29.5 Å². The van der Waals surface area contributed by atoms with Gasteiger partial charge in [0.25, 0.3) is 5.60 Å². The highest BCUT2D eigenvalue weighted by molar-refractivity contribution is 6.02. The third-order valence-corrected chi connectivity index (χ3v) is 4.48. The van der Waals surface area contributed by atoms with Gasteiger partial charge in [-0.1, -0.05) is 19.3 Å². The topological polar surface area (TPSA) is 123 Å². The van der Waals surface area contributed by atoms with E-state index in [-0.39, 0.29) is 6.29 Å². The zero-order chi connectivity index (χ0) is 19.6. The van der Waals surface area contributed by atoms with Crippen molar-refractivity contribution < 1.29 is 39.1 Å². The van der Waals surface area contributed by atoms with E-state index in [1.165, 1.54) is 0 Å². The first kappa shape index (κ1) is 22.8. The summed E-state index contributed by atoms with van der Waals surface area (Å²) in [5.41, 5.74) is -3.61. The van der Waals surface area contributed by atoms with Crippen LogP contribution in [0.3, 0.4) is 0 Å². The van der Waals surface area contributed by atoms with Crippen LogP contribution in [0.15, 0.2) is 0 Å². The summed E-state index contributed by atoms with van der Waals surface area (Å²) in [6, 6.07) is 0. The Hall–Kier alpha value is -1.22. The molecule has 1 aliphatic heterocycles. The van der Waals surface area contributed by atoms with Gasteiger partial charge in [-0.15, -0.1) is 0 Å². The van der Waals surface area contributed by atoms with Crippen LogP contribution in [0.4, 0.5) is 0 Å². The number of carboxylic acid groups (broad SMARTS) is 2. The Labute approximate surface area is 154 Å². The number of unbranched alkanes of at least 4 members (excludes halogenated alkanes) is 3. The molecule has 0 radical (unpaired) electrons. The van der Waals surface area contributed by atoms with Crippen molar-refractivity contribution in [2.45, 2.75) is 82.7 Å². The van der Waals surface area contributed by atoms with Gasteiger partial charge >= 0.3 is 11.9 Å². The van der Waals surface area contributed by atoms with E-state index in [0.717, 1.165) is 51.6 Å². The van der Waals surface area contributed by atoms with Crippen LogP contribution in [-0.2, 0) is 23.8 Å². The van der Waals surface area contributed by atoms with Gasteiger partial charge in [0.15, 0.2) is 6.29 Å². The Kier molecular flexibility index (Phi) is 9.49. The second-order valence-electron chi connectivity index (χ2n) is 7.29.